The first-order chi connectivity index (χ1) is 15.3. The predicted octanol–water partition coefficient (Wildman–Crippen LogP) is -1.13. The highest BCUT2D eigenvalue weighted by atomic mass is 16.6. The molecule has 12 heteroatoms. The first kappa shape index (κ1) is 28.3. The van der Waals surface area contributed by atoms with Crippen LogP contribution in [0, 0.1) is 11.8 Å². The summed E-state index contributed by atoms with van der Waals surface area (Å²) in [5.41, 5.74) is 9.24. The molecule has 33 heavy (non-hydrogen) atoms. The number of carbonyl (C=O) groups excluding carboxylic acids is 5. The van der Waals surface area contributed by atoms with E-state index in [4.69, 9.17) is 15.2 Å². The maximum atomic E-state index is 12.9. The molecule has 0 aromatic heterocycles. The highest BCUT2D eigenvalue weighted by molar-refractivity contribution is 5.96. The molecule has 0 radical (unpaired) electrons. The predicted molar refractivity (Wildman–Crippen MR) is 118 cm³/mol. The van der Waals surface area contributed by atoms with Gasteiger partial charge in [0.1, 0.15) is 12.1 Å². The molecule has 1 fully saturated rings. The van der Waals surface area contributed by atoms with Gasteiger partial charge in [-0.25, -0.2) is 4.79 Å². The van der Waals surface area contributed by atoms with Crippen molar-refractivity contribution in [1.82, 2.24) is 21.5 Å². The molecule has 0 aromatic carbocycles. The summed E-state index contributed by atoms with van der Waals surface area (Å²) >= 11 is 0. The Morgan fingerprint density at radius 1 is 0.909 bits per heavy atom. The number of nitrogens with two attached hydrogens (primary N) is 1. The molecule has 0 aliphatic carbocycles. The highest BCUT2D eigenvalue weighted by Crippen LogP contribution is 2.23. The quantitative estimate of drug-likeness (QED) is 0.143. The Hall–Kier alpha value is -2.73. The third-order valence-corrected chi connectivity index (χ3v) is 5.31. The Bertz CT molecular complexity index is 753. The molecule has 0 bridgehead atoms. The normalized spacial score (nSPS) is 20.8. The van der Waals surface area contributed by atoms with Crippen LogP contribution in [0.3, 0.4) is 0 Å². The maximum Gasteiger partial charge on any atom is 0.338 e. The molecule has 6 N–H and O–H groups in total. The number of esters is 1. The van der Waals surface area contributed by atoms with Crippen molar-refractivity contribution in [2.24, 2.45) is 17.6 Å². The van der Waals surface area contributed by atoms with Gasteiger partial charge < -0.3 is 25.8 Å². The summed E-state index contributed by atoms with van der Waals surface area (Å²) in [6.45, 7) is 12.0. The minimum absolute atomic E-state index is 0.153. The van der Waals surface area contributed by atoms with Crippen LogP contribution in [0.1, 0.15) is 54.9 Å². The number of hydrogen-bond donors (Lipinski definition) is 5. The van der Waals surface area contributed by atoms with E-state index in [-0.39, 0.29) is 18.4 Å². The first-order valence-corrected chi connectivity index (χ1v) is 11.1. The van der Waals surface area contributed by atoms with Crippen LogP contribution >= 0.6 is 0 Å². The number of amides is 4. The number of hydrazine groups is 1. The molecule has 1 heterocycles. The molecule has 1 saturated heterocycles. The molecule has 12 nitrogen and oxygen atoms in total. The van der Waals surface area contributed by atoms with Gasteiger partial charge in [0.2, 0.25) is 11.8 Å². The van der Waals surface area contributed by atoms with E-state index in [1.807, 2.05) is 0 Å². The number of carbonyl (C=O) groups is 5. The zero-order chi connectivity index (χ0) is 25.5. The van der Waals surface area contributed by atoms with Crippen molar-refractivity contribution in [2.75, 3.05) is 6.61 Å². The second-order valence-electron chi connectivity index (χ2n) is 8.90. The summed E-state index contributed by atoms with van der Waals surface area (Å²) < 4.78 is 9.74. The monoisotopic (exact) mass is 471 g/mol. The van der Waals surface area contributed by atoms with Crippen LogP contribution in [0.2, 0.25) is 0 Å². The van der Waals surface area contributed by atoms with Gasteiger partial charge >= 0.3 is 5.97 Å². The summed E-state index contributed by atoms with van der Waals surface area (Å²) in [4.78, 5) is 61.6. The van der Waals surface area contributed by atoms with E-state index >= 15 is 0 Å². The van der Waals surface area contributed by atoms with E-state index in [2.05, 4.69) is 21.5 Å². The van der Waals surface area contributed by atoms with Gasteiger partial charge in [-0.15, -0.1) is 0 Å². The fraction of sp³-hybridized carbons (Fsp3) is 0.762. The van der Waals surface area contributed by atoms with Gasteiger partial charge in [0.05, 0.1) is 12.1 Å². The molecule has 0 spiro atoms. The van der Waals surface area contributed by atoms with Gasteiger partial charge in [0.25, 0.3) is 11.8 Å². The van der Waals surface area contributed by atoms with Crippen LogP contribution in [-0.2, 0) is 33.4 Å². The van der Waals surface area contributed by atoms with Crippen LogP contribution in [0.4, 0.5) is 0 Å². The first-order valence-electron chi connectivity index (χ1n) is 11.1. The van der Waals surface area contributed by atoms with E-state index < -0.39 is 59.4 Å². The third kappa shape index (κ3) is 7.97. The van der Waals surface area contributed by atoms with Crippen LogP contribution in [-0.4, -0.2) is 66.0 Å². The summed E-state index contributed by atoms with van der Waals surface area (Å²) in [7, 11) is 0. The number of ether oxygens (including phenoxy) is 2. The molecular formula is C21H37N5O7. The SMILES string of the molecule is CCOC(=O)C1OC1C(=O)NNC(=O)[C@@H](NC(=O)[C@@H](NC(=O)[C@@](C)(N)CC)C(C)C)C(C)C. The van der Waals surface area contributed by atoms with E-state index in [9.17, 15) is 24.0 Å². The van der Waals surface area contributed by atoms with Crippen LogP contribution in [0.25, 0.3) is 0 Å². The molecular weight excluding hydrogens is 434 g/mol. The van der Waals surface area contributed by atoms with Crippen LogP contribution in [0.15, 0.2) is 0 Å². The van der Waals surface area contributed by atoms with Crippen LogP contribution in [0.5, 0.6) is 0 Å². The van der Waals surface area contributed by atoms with Gasteiger partial charge in [-0.05, 0) is 32.1 Å². The van der Waals surface area contributed by atoms with Gasteiger partial charge in [-0.3, -0.25) is 30.0 Å². The second-order valence-corrected chi connectivity index (χ2v) is 8.90. The average molecular weight is 472 g/mol. The summed E-state index contributed by atoms with van der Waals surface area (Å²) in [6, 6.07) is -1.92. The maximum absolute atomic E-state index is 12.9. The van der Waals surface area contributed by atoms with Crippen molar-refractivity contribution in [1.29, 1.82) is 0 Å². The van der Waals surface area contributed by atoms with Crippen molar-refractivity contribution in [3.8, 4) is 0 Å². The smallest absolute Gasteiger partial charge is 0.338 e. The average Bonchev–Trinajstić information content (AvgIpc) is 3.54. The molecule has 4 amide bonds. The lowest BCUT2D eigenvalue weighted by atomic mass is 9.96. The Morgan fingerprint density at radius 3 is 1.94 bits per heavy atom. The van der Waals surface area contributed by atoms with Gasteiger partial charge in [-0.1, -0.05) is 34.6 Å². The van der Waals surface area contributed by atoms with Crippen LogP contribution < -0.4 is 27.2 Å². The minimum atomic E-state index is -1.14. The van der Waals surface area contributed by atoms with Crippen molar-refractivity contribution in [2.45, 2.75) is 84.7 Å². The second kappa shape index (κ2) is 11.9. The topological polar surface area (TPSA) is 181 Å². The Kier molecular flexibility index (Phi) is 10.2. The molecule has 0 saturated carbocycles. The van der Waals surface area contributed by atoms with E-state index in [0.717, 1.165) is 0 Å². The Labute approximate surface area is 194 Å². The summed E-state index contributed by atoms with van der Waals surface area (Å²) in [5.74, 6) is -3.70. The number of rotatable bonds is 11. The molecule has 1 aliphatic rings. The zero-order valence-corrected chi connectivity index (χ0v) is 20.3. The minimum Gasteiger partial charge on any atom is -0.464 e. The van der Waals surface area contributed by atoms with Crippen molar-refractivity contribution >= 4 is 29.6 Å². The number of nitrogens with one attached hydrogen (secondary N) is 4. The fourth-order valence-corrected chi connectivity index (χ4v) is 2.77. The van der Waals surface area contributed by atoms with Crippen molar-refractivity contribution in [3.63, 3.8) is 0 Å². The van der Waals surface area contributed by atoms with E-state index in [1.165, 1.54) is 0 Å². The van der Waals surface area contributed by atoms with Crippen molar-refractivity contribution < 1.29 is 33.4 Å². The number of hydrogen-bond acceptors (Lipinski definition) is 8. The van der Waals surface area contributed by atoms with Gasteiger partial charge in [0.15, 0.2) is 12.2 Å². The summed E-state index contributed by atoms with van der Waals surface area (Å²) in [5, 5.41) is 5.27. The molecule has 5 atom stereocenters. The van der Waals surface area contributed by atoms with Crippen molar-refractivity contribution in [3.05, 3.63) is 0 Å². The summed E-state index contributed by atoms with van der Waals surface area (Å²) in [6.07, 6.45) is -1.68. The lowest BCUT2D eigenvalue weighted by Gasteiger charge is -2.30. The molecule has 0 aromatic rings. The lowest BCUT2D eigenvalue weighted by molar-refractivity contribution is -0.144. The Balaban J connectivity index is 2.72. The number of epoxide rings is 1. The lowest BCUT2D eigenvalue weighted by Crippen LogP contribution is -2.61. The van der Waals surface area contributed by atoms with Gasteiger partial charge in [0, 0.05) is 0 Å². The Morgan fingerprint density at radius 2 is 1.45 bits per heavy atom. The highest BCUT2D eigenvalue weighted by Gasteiger charge is 2.51. The molecule has 2 unspecified atom stereocenters. The van der Waals surface area contributed by atoms with E-state index in [1.54, 1.807) is 48.5 Å². The fourth-order valence-electron chi connectivity index (χ4n) is 2.77. The molecule has 1 rings (SSSR count). The molecule has 1 aliphatic heterocycles. The molecule has 188 valence electrons. The standard InChI is InChI=1S/C21H37N5O7/c1-8-21(7,22)20(31)24-12(10(3)4)16(27)23-13(11(5)6)17(28)25-26-18(29)14-15(33-14)19(30)32-9-2/h10-15H,8-9,22H2,1-7H3,(H,23,27)(H,24,31)(H,25,28)(H,26,29)/t12-,13-,14?,15?,21-/m0/s1. The van der Waals surface area contributed by atoms with Gasteiger partial charge in [-0.2, -0.15) is 0 Å². The third-order valence-electron chi connectivity index (χ3n) is 5.31. The largest absolute Gasteiger partial charge is 0.464 e. The van der Waals surface area contributed by atoms with E-state index in [0.29, 0.717) is 6.42 Å². The zero-order valence-electron chi connectivity index (χ0n) is 20.3.